The number of unbranched alkanes of at least 4 members (excludes halogenated alkanes) is 27. The molecule has 0 saturated heterocycles. The lowest BCUT2D eigenvalue weighted by Crippen LogP contribution is -2.27. The topological polar surface area (TPSA) is 131 Å². The van der Waals surface area contributed by atoms with Gasteiger partial charge < -0.3 is 20.1 Å². The number of aliphatic hydroxyl groups excluding tert-OH is 1. The van der Waals surface area contributed by atoms with E-state index in [2.05, 4.69) is 43.5 Å². The highest BCUT2D eigenvalue weighted by molar-refractivity contribution is 7.47. The first-order valence-corrected chi connectivity index (χ1v) is 24.8. The molecule has 0 aromatic rings. The predicted molar refractivity (Wildman–Crippen MR) is 234 cm³/mol. The van der Waals surface area contributed by atoms with Gasteiger partial charge in [-0.15, -0.1) is 0 Å². The van der Waals surface area contributed by atoms with Gasteiger partial charge in [0.25, 0.3) is 0 Å². The van der Waals surface area contributed by atoms with Crippen molar-refractivity contribution in [3.63, 3.8) is 0 Å². The first kappa shape index (κ1) is 54.5. The second-order valence-electron chi connectivity index (χ2n) is 15.7. The summed E-state index contributed by atoms with van der Waals surface area (Å²) in [4.78, 5) is 34.0. The molecule has 330 valence electrons. The maximum atomic E-state index is 12.1. The van der Waals surface area contributed by atoms with E-state index in [0.29, 0.717) is 6.42 Å². The second-order valence-corrected chi connectivity index (χ2v) is 17.2. The van der Waals surface area contributed by atoms with Crippen molar-refractivity contribution in [2.24, 2.45) is 0 Å². The summed E-state index contributed by atoms with van der Waals surface area (Å²) in [6.45, 7) is 3.55. The van der Waals surface area contributed by atoms with Crippen LogP contribution >= 0.6 is 7.82 Å². The van der Waals surface area contributed by atoms with Crippen LogP contribution in [0, 0.1) is 0 Å². The molecule has 0 heterocycles. The lowest BCUT2D eigenvalue weighted by Gasteiger charge is -2.15. The highest BCUT2D eigenvalue weighted by Gasteiger charge is 2.23. The Labute approximate surface area is 344 Å². The van der Waals surface area contributed by atoms with Crippen molar-refractivity contribution in [2.45, 2.75) is 232 Å². The standard InChI is InChI=1S/C46H88NO8P/c1-3-5-7-9-11-13-15-17-19-21-22-23-24-26-28-30-32-34-36-38-45(49)47-40-41-54-56(51,52)55-43-44(48)42-53-46(50)39-37-35-33-31-29-27-25-20-18-16-14-12-10-8-6-4-2/h14,16,20,25,44,48H,3-13,15,17-19,21-24,26-43H2,1-2H3,(H,47,49)(H,51,52)/b16-14-,25-20-. The van der Waals surface area contributed by atoms with E-state index >= 15 is 0 Å². The van der Waals surface area contributed by atoms with Crippen LogP contribution in [0.5, 0.6) is 0 Å². The molecule has 2 atom stereocenters. The first-order valence-electron chi connectivity index (χ1n) is 23.3. The van der Waals surface area contributed by atoms with Crippen molar-refractivity contribution in [1.29, 1.82) is 0 Å². The number of phosphoric ester groups is 1. The zero-order valence-corrected chi connectivity index (χ0v) is 37.2. The van der Waals surface area contributed by atoms with Crippen molar-refractivity contribution in [3.05, 3.63) is 24.3 Å². The number of ether oxygens (including phenoxy) is 1. The molecule has 0 aliphatic carbocycles. The summed E-state index contributed by atoms with van der Waals surface area (Å²) in [7, 11) is -4.42. The van der Waals surface area contributed by atoms with Crippen LogP contribution in [0.2, 0.25) is 0 Å². The number of hydrogen-bond acceptors (Lipinski definition) is 7. The van der Waals surface area contributed by atoms with Crippen molar-refractivity contribution >= 4 is 19.7 Å². The Kier molecular flexibility index (Phi) is 41.9. The smallest absolute Gasteiger partial charge is 0.463 e. The van der Waals surface area contributed by atoms with Gasteiger partial charge in [-0.25, -0.2) is 4.57 Å². The highest BCUT2D eigenvalue weighted by Crippen LogP contribution is 2.42. The second kappa shape index (κ2) is 43.1. The molecule has 0 bridgehead atoms. The molecule has 0 fully saturated rings. The molecule has 0 aliphatic rings. The number of carbonyl (C=O) groups excluding carboxylic acids is 2. The molecular weight excluding hydrogens is 725 g/mol. The van der Waals surface area contributed by atoms with Crippen LogP contribution in [-0.2, 0) is 27.9 Å². The maximum absolute atomic E-state index is 12.1. The van der Waals surface area contributed by atoms with Crippen LogP contribution in [0.1, 0.15) is 226 Å². The molecule has 3 N–H and O–H groups in total. The molecule has 1 amide bonds. The molecule has 0 aromatic heterocycles. The van der Waals surface area contributed by atoms with Gasteiger partial charge in [-0.3, -0.25) is 18.6 Å². The van der Waals surface area contributed by atoms with Crippen LogP contribution in [-0.4, -0.2) is 54.3 Å². The van der Waals surface area contributed by atoms with Gasteiger partial charge in [0.15, 0.2) is 0 Å². The third-order valence-electron chi connectivity index (χ3n) is 10.1. The summed E-state index contributed by atoms with van der Waals surface area (Å²) in [5.74, 6) is -0.522. The van der Waals surface area contributed by atoms with Gasteiger partial charge in [0, 0.05) is 19.4 Å². The van der Waals surface area contributed by atoms with Crippen molar-refractivity contribution < 1.29 is 37.9 Å². The Morgan fingerprint density at radius 2 is 0.964 bits per heavy atom. The van der Waals surface area contributed by atoms with Crippen LogP contribution in [0.3, 0.4) is 0 Å². The van der Waals surface area contributed by atoms with Gasteiger partial charge in [-0.2, -0.15) is 0 Å². The van der Waals surface area contributed by atoms with E-state index in [0.717, 1.165) is 64.2 Å². The molecule has 0 aromatic carbocycles. The predicted octanol–water partition coefficient (Wildman–Crippen LogP) is 13.2. The fraction of sp³-hybridized carbons (Fsp3) is 0.870. The summed E-state index contributed by atoms with van der Waals surface area (Å²) in [6.07, 6.45) is 46.8. The average Bonchev–Trinajstić information content (AvgIpc) is 3.18. The summed E-state index contributed by atoms with van der Waals surface area (Å²) in [5.41, 5.74) is 0. The number of amides is 1. The zero-order valence-electron chi connectivity index (χ0n) is 36.3. The van der Waals surface area contributed by atoms with Crippen LogP contribution in [0.25, 0.3) is 0 Å². The molecule has 0 radical (unpaired) electrons. The highest BCUT2D eigenvalue weighted by atomic mass is 31.2. The van der Waals surface area contributed by atoms with Gasteiger partial charge in [-0.1, -0.05) is 192 Å². The van der Waals surface area contributed by atoms with Gasteiger partial charge >= 0.3 is 13.8 Å². The minimum atomic E-state index is -4.42. The van der Waals surface area contributed by atoms with Crippen molar-refractivity contribution in [1.82, 2.24) is 5.32 Å². The van der Waals surface area contributed by atoms with E-state index in [4.69, 9.17) is 13.8 Å². The van der Waals surface area contributed by atoms with E-state index in [-0.39, 0.29) is 32.1 Å². The summed E-state index contributed by atoms with van der Waals surface area (Å²) < 4.78 is 26.9. The van der Waals surface area contributed by atoms with Crippen molar-refractivity contribution in [3.8, 4) is 0 Å². The summed E-state index contributed by atoms with van der Waals surface area (Å²) in [5, 5.41) is 12.7. The largest absolute Gasteiger partial charge is 0.472 e. The van der Waals surface area contributed by atoms with Crippen LogP contribution in [0.15, 0.2) is 24.3 Å². The van der Waals surface area contributed by atoms with Crippen LogP contribution in [0.4, 0.5) is 0 Å². The quantitative estimate of drug-likeness (QED) is 0.0240. The zero-order chi connectivity index (χ0) is 41.1. The van der Waals surface area contributed by atoms with E-state index in [1.165, 1.54) is 135 Å². The Balaban J connectivity index is 3.57. The number of carbonyl (C=O) groups is 2. The first-order chi connectivity index (χ1) is 27.3. The summed E-state index contributed by atoms with van der Waals surface area (Å²) in [6, 6.07) is 0. The number of phosphoric acid groups is 1. The van der Waals surface area contributed by atoms with Crippen molar-refractivity contribution in [2.75, 3.05) is 26.4 Å². The fourth-order valence-corrected chi connectivity index (χ4v) is 7.35. The lowest BCUT2D eigenvalue weighted by atomic mass is 10.0. The van der Waals surface area contributed by atoms with Crippen LogP contribution < -0.4 is 5.32 Å². The number of rotatable bonds is 44. The lowest BCUT2D eigenvalue weighted by molar-refractivity contribution is -0.147. The number of allylic oxidation sites excluding steroid dienone is 4. The molecule has 56 heavy (non-hydrogen) atoms. The van der Waals surface area contributed by atoms with E-state index in [1.807, 2.05) is 0 Å². The molecular formula is C46H88NO8P. The molecule has 9 nitrogen and oxygen atoms in total. The molecule has 0 spiro atoms. The van der Waals surface area contributed by atoms with Gasteiger partial charge in [0.1, 0.15) is 12.7 Å². The molecule has 2 unspecified atom stereocenters. The molecule has 0 rings (SSSR count). The SMILES string of the molecule is CCCCCC/C=C\C/C=C\CCCCCCCC(=O)OCC(O)COP(=O)(O)OCCNC(=O)CCCCCCCCCCCCCCCCCCCCC. The number of nitrogens with one attached hydrogen (secondary N) is 1. The molecule has 10 heteroatoms. The van der Waals surface area contributed by atoms with E-state index < -0.39 is 26.5 Å². The third kappa shape index (κ3) is 43.6. The molecule has 0 saturated carbocycles. The normalized spacial score (nSPS) is 13.4. The van der Waals surface area contributed by atoms with E-state index in [9.17, 15) is 24.2 Å². The Morgan fingerprint density at radius 3 is 1.45 bits per heavy atom. The van der Waals surface area contributed by atoms with E-state index in [1.54, 1.807) is 0 Å². The van der Waals surface area contributed by atoms with Gasteiger partial charge in [0.05, 0.1) is 13.2 Å². The number of hydrogen-bond donors (Lipinski definition) is 3. The molecule has 0 aliphatic heterocycles. The van der Waals surface area contributed by atoms with Gasteiger partial charge in [-0.05, 0) is 44.9 Å². The Bertz CT molecular complexity index is 975. The maximum Gasteiger partial charge on any atom is 0.472 e. The minimum Gasteiger partial charge on any atom is -0.463 e. The fourth-order valence-electron chi connectivity index (χ4n) is 6.59. The monoisotopic (exact) mass is 814 g/mol. The number of aliphatic hydroxyl groups is 1. The number of esters is 1. The summed E-state index contributed by atoms with van der Waals surface area (Å²) >= 11 is 0. The third-order valence-corrected chi connectivity index (χ3v) is 11.1. The Hall–Kier alpha value is -1.51. The Morgan fingerprint density at radius 1 is 0.554 bits per heavy atom. The minimum absolute atomic E-state index is 0.0836. The van der Waals surface area contributed by atoms with Gasteiger partial charge in [0.2, 0.25) is 5.91 Å². The average molecular weight is 814 g/mol.